The van der Waals surface area contributed by atoms with Crippen molar-refractivity contribution in [3.8, 4) is 0 Å². The summed E-state index contributed by atoms with van der Waals surface area (Å²) in [6.45, 7) is 7.24. The first kappa shape index (κ1) is 14.9. The summed E-state index contributed by atoms with van der Waals surface area (Å²) in [5.74, 6) is 0.0636. The lowest BCUT2D eigenvalue weighted by Gasteiger charge is -2.44. The molecule has 0 aromatic carbocycles. The third kappa shape index (κ3) is 3.39. The third-order valence-corrected chi connectivity index (χ3v) is 2.99. The van der Waals surface area contributed by atoms with Crippen LogP contribution in [0.4, 0.5) is 0 Å². The van der Waals surface area contributed by atoms with Crippen LogP contribution in [-0.4, -0.2) is 58.6 Å². The molecule has 0 aromatic heterocycles. The minimum absolute atomic E-state index is 0.0636. The molecule has 3 N–H and O–H groups in total. The number of hydrogen-bond donors (Lipinski definition) is 3. The van der Waals surface area contributed by atoms with E-state index in [4.69, 9.17) is 9.47 Å². The van der Waals surface area contributed by atoms with E-state index in [1.165, 1.54) is 0 Å². The molecule has 1 fully saturated rings. The van der Waals surface area contributed by atoms with E-state index in [-0.39, 0.29) is 18.6 Å². The molecular weight excluding hydrogens is 224 g/mol. The van der Waals surface area contributed by atoms with Crippen molar-refractivity contribution >= 4 is 0 Å². The fraction of sp³-hybridized carbons (Fsp3) is 1.00. The minimum Gasteiger partial charge on any atom is -0.394 e. The van der Waals surface area contributed by atoms with Crippen molar-refractivity contribution in [3.63, 3.8) is 0 Å². The summed E-state index contributed by atoms with van der Waals surface area (Å²) in [6.07, 6.45) is -3.88. The first-order valence-electron chi connectivity index (χ1n) is 6.16. The summed E-state index contributed by atoms with van der Waals surface area (Å²) in [6, 6.07) is 0. The average molecular weight is 248 g/mol. The van der Waals surface area contributed by atoms with E-state index in [1.54, 1.807) is 0 Å². The molecule has 2 unspecified atom stereocenters. The Kier molecular flexibility index (Phi) is 5.34. The number of aliphatic hydroxyl groups is 3. The Morgan fingerprint density at radius 2 is 1.71 bits per heavy atom. The molecule has 102 valence electrons. The van der Waals surface area contributed by atoms with Gasteiger partial charge in [-0.2, -0.15) is 0 Å². The molecule has 1 rings (SSSR count). The van der Waals surface area contributed by atoms with Gasteiger partial charge in [0, 0.05) is 0 Å². The zero-order valence-electron chi connectivity index (χ0n) is 10.9. The van der Waals surface area contributed by atoms with Gasteiger partial charge in [-0.3, -0.25) is 0 Å². The lowest BCUT2D eigenvalue weighted by molar-refractivity contribution is -0.256. The Morgan fingerprint density at radius 1 is 1.12 bits per heavy atom. The minimum atomic E-state index is -1.03. The van der Waals surface area contributed by atoms with E-state index in [0.29, 0.717) is 0 Å². The Hall–Kier alpha value is -0.200. The van der Waals surface area contributed by atoms with Crippen molar-refractivity contribution in [2.45, 2.75) is 64.3 Å². The van der Waals surface area contributed by atoms with Crippen LogP contribution in [0.5, 0.6) is 0 Å². The van der Waals surface area contributed by atoms with Crippen molar-refractivity contribution in [1.29, 1.82) is 0 Å². The van der Waals surface area contributed by atoms with Crippen LogP contribution in [0, 0.1) is 5.92 Å². The monoisotopic (exact) mass is 248 g/mol. The Labute approximate surface area is 102 Å². The third-order valence-electron chi connectivity index (χ3n) is 2.99. The molecule has 1 heterocycles. The lowest BCUT2D eigenvalue weighted by atomic mass is 9.89. The summed E-state index contributed by atoms with van der Waals surface area (Å²) in [5, 5.41) is 29.3. The molecule has 0 aromatic rings. The highest BCUT2D eigenvalue weighted by Crippen LogP contribution is 2.28. The van der Waals surface area contributed by atoms with Gasteiger partial charge in [-0.15, -0.1) is 0 Å². The Balaban J connectivity index is 2.79. The van der Waals surface area contributed by atoms with Gasteiger partial charge in [-0.1, -0.05) is 13.8 Å². The van der Waals surface area contributed by atoms with E-state index in [1.807, 2.05) is 27.7 Å². The highest BCUT2D eigenvalue weighted by atomic mass is 16.6. The fourth-order valence-corrected chi connectivity index (χ4v) is 2.15. The van der Waals surface area contributed by atoms with Gasteiger partial charge in [0.25, 0.3) is 0 Å². The van der Waals surface area contributed by atoms with Crippen LogP contribution in [-0.2, 0) is 9.47 Å². The predicted octanol–water partition coefficient (Wildman–Crippen LogP) is -0.0825. The van der Waals surface area contributed by atoms with Crippen LogP contribution in [0.2, 0.25) is 0 Å². The van der Waals surface area contributed by atoms with Crippen LogP contribution >= 0.6 is 0 Å². The first-order valence-corrected chi connectivity index (χ1v) is 6.16. The van der Waals surface area contributed by atoms with Crippen LogP contribution in [0.1, 0.15) is 27.7 Å². The molecule has 1 aliphatic rings. The molecule has 17 heavy (non-hydrogen) atoms. The fourth-order valence-electron chi connectivity index (χ4n) is 2.15. The summed E-state index contributed by atoms with van der Waals surface area (Å²) in [7, 11) is 0. The number of ether oxygens (including phenoxy) is 2. The van der Waals surface area contributed by atoms with Crippen LogP contribution in [0.3, 0.4) is 0 Å². The molecule has 1 aliphatic heterocycles. The van der Waals surface area contributed by atoms with Gasteiger partial charge < -0.3 is 24.8 Å². The standard InChI is InChI=1S/C12H24O5/c1-6(2)11-9(14)10(15)12(16-7(3)4)8(5-13)17-11/h6-15H,5H2,1-4H3/t8?,9?,10-,11+,12-/m1/s1. The molecule has 5 nitrogen and oxygen atoms in total. The molecule has 5 heteroatoms. The molecule has 1 saturated heterocycles. The van der Waals surface area contributed by atoms with Gasteiger partial charge in [0.1, 0.15) is 24.4 Å². The van der Waals surface area contributed by atoms with E-state index in [0.717, 1.165) is 0 Å². The maximum atomic E-state index is 10.0. The second-order valence-electron chi connectivity index (χ2n) is 5.20. The highest BCUT2D eigenvalue weighted by Gasteiger charge is 2.46. The molecule has 0 amide bonds. The van der Waals surface area contributed by atoms with Crippen LogP contribution in [0.25, 0.3) is 0 Å². The van der Waals surface area contributed by atoms with Gasteiger partial charge in [-0.05, 0) is 19.8 Å². The summed E-state index contributed by atoms with van der Waals surface area (Å²) < 4.78 is 11.1. The maximum Gasteiger partial charge on any atom is 0.115 e. The lowest BCUT2D eigenvalue weighted by Crippen LogP contribution is -2.61. The van der Waals surface area contributed by atoms with Gasteiger partial charge in [-0.25, -0.2) is 0 Å². The van der Waals surface area contributed by atoms with E-state index < -0.39 is 30.5 Å². The molecule has 0 spiro atoms. The zero-order valence-corrected chi connectivity index (χ0v) is 10.9. The van der Waals surface area contributed by atoms with Crippen LogP contribution < -0.4 is 0 Å². The second kappa shape index (κ2) is 6.11. The maximum absolute atomic E-state index is 10.0. The van der Waals surface area contributed by atoms with Gasteiger partial charge in [0.2, 0.25) is 0 Å². The highest BCUT2D eigenvalue weighted by molar-refractivity contribution is 4.94. The largest absolute Gasteiger partial charge is 0.394 e. The van der Waals surface area contributed by atoms with Gasteiger partial charge in [0.05, 0.1) is 18.8 Å². The topological polar surface area (TPSA) is 79.2 Å². The van der Waals surface area contributed by atoms with E-state index in [9.17, 15) is 15.3 Å². The summed E-state index contributed by atoms with van der Waals surface area (Å²) in [4.78, 5) is 0. The van der Waals surface area contributed by atoms with Crippen molar-refractivity contribution < 1.29 is 24.8 Å². The predicted molar refractivity (Wildman–Crippen MR) is 62.6 cm³/mol. The van der Waals surface area contributed by atoms with Gasteiger partial charge in [0.15, 0.2) is 0 Å². The molecular formula is C12H24O5. The van der Waals surface area contributed by atoms with Crippen molar-refractivity contribution in [2.75, 3.05) is 6.61 Å². The zero-order chi connectivity index (χ0) is 13.2. The summed E-state index contributed by atoms with van der Waals surface area (Å²) >= 11 is 0. The SMILES string of the molecule is CC(C)O[C@@H]1C(CO)O[C@@H](C(C)C)C(O)[C@H]1O. The Bertz CT molecular complexity index is 229. The van der Waals surface area contributed by atoms with Crippen molar-refractivity contribution in [3.05, 3.63) is 0 Å². The number of hydrogen-bond acceptors (Lipinski definition) is 5. The average Bonchev–Trinajstić information content (AvgIpc) is 2.24. The second-order valence-corrected chi connectivity index (χ2v) is 5.20. The molecule has 0 aliphatic carbocycles. The normalized spacial score (nSPS) is 39.0. The molecule has 0 bridgehead atoms. The quantitative estimate of drug-likeness (QED) is 0.648. The summed E-state index contributed by atoms with van der Waals surface area (Å²) in [5.41, 5.74) is 0. The molecule has 5 atom stereocenters. The van der Waals surface area contributed by atoms with E-state index in [2.05, 4.69) is 0 Å². The number of rotatable bonds is 4. The molecule has 0 saturated carbocycles. The number of aliphatic hydroxyl groups excluding tert-OH is 3. The van der Waals surface area contributed by atoms with Crippen LogP contribution in [0.15, 0.2) is 0 Å². The van der Waals surface area contributed by atoms with E-state index >= 15 is 0 Å². The Morgan fingerprint density at radius 3 is 2.12 bits per heavy atom. The van der Waals surface area contributed by atoms with Crippen molar-refractivity contribution in [1.82, 2.24) is 0 Å². The van der Waals surface area contributed by atoms with Crippen molar-refractivity contribution in [2.24, 2.45) is 5.92 Å². The first-order chi connectivity index (χ1) is 7.88. The van der Waals surface area contributed by atoms with Gasteiger partial charge >= 0.3 is 0 Å². The molecule has 0 radical (unpaired) electrons. The smallest absolute Gasteiger partial charge is 0.115 e.